The third-order valence-electron chi connectivity index (χ3n) is 2.88. The number of oxime groups is 1. The van der Waals surface area contributed by atoms with E-state index in [4.69, 9.17) is 33.0 Å². The van der Waals surface area contributed by atoms with Crippen molar-refractivity contribution in [1.29, 1.82) is 0 Å². The summed E-state index contributed by atoms with van der Waals surface area (Å²) in [6.45, 7) is 1.51. The van der Waals surface area contributed by atoms with Gasteiger partial charge in [-0.25, -0.2) is 0 Å². The molecule has 1 rings (SSSR count). The van der Waals surface area contributed by atoms with Crippen molar-refractivity contribution in [2.45, 2.75) is 25.6 Å². The molecule has 22 heavy (non-hydrogen) atoms. The van der Waals surface area contributed by atoms with Gasteiger partial charge in [0, 0.05) is 12.0 Å². The molecule has 0 spiro atoms. The lowest BCUT2D eigenvalue weighted by Crippen LogP contribution is -2.33. The topological polar surface area (TPSA) is 151 Å². The summed E-state index contributed by atoms with van der Waals surface area (Å²) in [7, 11) is 0. The summed E-state index contributed by atoms with van der Waals surface area (Å²) in [5.41, 5.74) is 11.4. The van der Waals surface area contributed by atoms with Crippen molar-refractivity contribution >= 4 is 23.3 Å². The molecule has 9 heteroatoms. The molecule has 122 valence electrons. The number of carbonyl (C=O) groups is 1. The SMILES string of the molecule is Cc1cc(/C(N)=N/O)cc(Cl)c1OCC(O)CC(O)C(N)=O. The Morgan fingerprint density at radius 2 is 2.05 bits per heavy atom. The molecule has 8 nitrogen and oxygen atoms in total. The summed E-state index contributed by atoms with van der Waals surface area (Å²) in [4.78, 5) is 10.7. The molecule has 0 aliphatic rings. The van der Waals surface area contributed by atoms with Crippen LogP contribution in [0.1, 0.15) is 17.5 Å². The van der Waals surface area contributed by atoms with Gasteiger partial charge in [-0.15, -0.1) is 0 Å². The zero-order valence-electron chi connectivity index (χ0n) is 11.9. The summed E-state index contributed by atoms with van der Waals surface area (Å²) < 4.78 is 5.39. The molecular formula is C13H18ClN3O5. The summed E-state index contributed by atoms with van der Waals surface area (Å²) in [5, 5.41) is 30.7. The smallest absolute Gasteiger partial charge is 0.246 e. The first-order valence-electron chi connectivity index (χ1n) is 6.32. The number of aliphatic hydroxyl groups is 2. The highest BCUT2D eigenvalue weighted by molar-refractivity contribution is 6.32. The minimum Gasteiger partial charge on any atom is -0.489 e. The molecule has 0 heterocycles. The van der Waals surface area contributed by atoms with Gasteiger partial charge in [0.15, 0.2) is 5.84 Å². The Bertz CT molecular complexity index is 556. The molecule has 0 saturated heterocycles. The lowest BCUT2D eigenvalue weighted by Gasteiger charge is -2.17. The number of amides is 1. The third kappa shape index (κ3) is 4.76. The molecule has 2 atom stereocenters. The molecule has 2 unspecified atom stereocenters. The molecule has 1 aromatic carbocycles. The maximum absolute atomic E-state index is 10.7. The number of nitrogens with two attached hydrogens (primary N) is 2. The number of primary amides is 1. The van der Waals surface area contributed by atoms with Crippen molar-refractivity contribution < 1.29 is 25.0 Å². The Balaban J connectivity index is 2.76. The number of halogens is 1. The average molecular weight is 332 g/mol. The third-order valence-corrected chi connectivity index (χ3v) is 3.16. The lowest BCUT2D eigenvalue weighted by molar-refractivity contribution is -0.127. The van der Waals surface area contributed by atoms with Crippen LogP contribution in [0, 0.1) is 6.92 Å². The highest BCUT2D eigenvalue weighted by atomic mass is 35.5. The molecule has 1 aromatic rings. The van der Waals surface area contributed by atoms with E-state index in [2.05, 4.69) is 5.16 Å². The van der Waals surface area contributed by atoms with Gasteiger partial charge in [-0.2, -0.15) is 0 Å². The first-order valence-corrected chi connectivity index (χ1v) is 6.70. The fraction of sp³-hybridized carbons (Fsp3) is 0.385. The van der Waals surface area contributed by atoms with Crippen molar-refractivity contribution in [3.05, 3.63) is 28.3 Å². The number of benzene rings is 1. The largest absolute Gasteiger partial charge is 0.489 e. The quantitative estimate of drug-likeness (QED) is 0.200. The van der Waals surface area contributed by atoms with E-state index < -0.39 is 18.1 Å². The fourth-order valence-corrected chi connectivity index (χ4v) is 2.06. The van der Waals surface area contributed by atoms with Crippen LogP contribution in [-0.4, -0.2) is 46.0 Å². The summed E-state index contributed by atoms with van der Waals surface area (Å²) in [5.74, 6) is -0.707. The van der Waals surface area contributed by atoms with Crippen LogP contribution >= 0.6 is 11.6 Å². The molecule has 0 aromatic heterocycles. The minimum absolute atomic E-state index is 0.0961. The van der Waals surface area contributed by atoms with Crippen molar-refractivity contribution in [1.82, 2.24) is 0 Å². The fourth-order valence-electron chi connectivity index (χ4n) is 1.74. The predicted octanol–water partition coefficient (Wildman–Crippen LogP) is -0.281. The zero-order chi connectivity index (χ0) is 16.9. The molecule has 0 aliphatic carbocycles. The van der Waals surface area contributed by atoms with E-state index in [1.165, 1.54) is 6.07 Å². The van der Waals surface area contributed by atoms with Gasteiger partial charge in [0.2, 0.25) is 5.91 Å². The zero-order valence-corrected chi connectivity index (χ0v) is 12.6. The second-order valence-electron chi connectivity index (χ2n) is 4.71. The average Bonchev–Trinajstić information content (AvgIpc) is 2.44. The van der Waals surface area contributed by atoms with Crippen LogP contribution in [0.15, 0.2) is 17.3 Å². The van der Waals surface area contributed by atoms with E-state index in [-0.39, 0.29) is 23.9 Å². The Morgan fingerprint density at radius 1 is 1.41 bits per heavy atom. The van der Waals surface area contributed by atoms with Crippen LogP contribution in [0.25, 0.3) is 0 Å². The molecule has 0 fully saturated rings. The van der Waals surface area contributed by atoms with Gasteiger partial charge < -0.3 is 31.6 Å². The second kappa shape index (κ2) is 7.83. The number of rotatable bonds is 7. The van der Waals surface area contributed by atoms with E-state index >= 15 is 0 Å². The highest BCUT2D eigenvalue weighted by Gasteiger charge is 2.18. The normalized spacial score (nSPS) is 14.5. The van der Waals surface area contributed by atoms with E-state index in [9.17, 15) is 15.0 Å². The summed E-state index contributed by atoms with van der Waals surface area (Å²) in [6, 6.07) is 3.05. The second-order valence-corrected chi connectivity index (χ2v) is 5.12. The van der Waals surface area contributed by atoms with Gasteiger partial charge in [-0.1, -0.05) is 16.8 Å². The Hall–Kier alpha value is -2.03. The molecule has 0 aliphatic heterocycles. The van der Waals surface area contributed by atoms with Crippen LogP contribution in [0.2, 0.25) is 5.02 Å². The van der Waals surface area contributed by atoms with Gasteiger partial charge in [0.1, 0.15) is 18.5 Å². The Kier molecular flexibility index (Phi) is 6.41. The number of aryl methyl sites for hydroxylation is 1. The molecule has 1 amide bonds. The van der Waals surface area contributed by atoms with E-state index in [0.717, 1.165) is 0 Å². The number of amidine groups is 1. The highest BCUT2D eigenvalue weighted by Crippen LogP contribution is 2.30. The van der Waals surface area contributed by atoms with Gasteiger partial charge in [-0.3, -0.25) is 4.79 Å². The minimum atomic E-state index is -1.45. The van der Waals surface area contributed by atoms with Crippen molar-refractivity contribution in [2.75, 3.05) is 6.61 Å². The van der Waals surface area contributed by atoms with Crippen LogP contribution in [-0.2, 0) is 4.79 Å². The molecular weight excluding hydrogens is 314 g/mol. The van der Waals surface area contributed by atoms with Crippen molar-refractivity contribution in [2.24, 2.45) is 16.6 Å². The number of ether oxygens (including phenoxy) is 1. The van der Waals surface area contributed by atoms with Gasteiger partial charge in [-0.05, 0) is 24.6 Å². The number of hydrogen-bond acceptors (Lipinski definition) is 6. The van der Waals surface area contributed by atoms with Crippen LogP contribution in [0.3, 0.4) is 0 Å². The first kappa shape index (κ1) is 18.0. The van der Waals surface area contributed by atoms with Crippen LogP contribution in [0.5, 0.6) is 5.75 Å². The van der Waals surface area contributed by atoms with Gasteiger partial charge in [0.05, 0.1) is 11.1 Å². The first-order chi connectivity index (χ1) is 10.3. The van der Waals surface area contributed by atoms with Gasteiger partial charge >= 0.3 is 0 Å². The molecule has 0 radical (unpaired) electrons. The van der Waals surface area contributed by atoms with Gasteiger partial charge in [0.25, 0.3) is 0 Å². The van der Waals surface area contributed by atoms with Crippen molar-refractivity contribution in [3.8, 4) is 5.75 Å². The number of nitrogens with zero attached hydrogens (tertiary/aromatic N) is 1. The number of hydrogen-bond donors (Lipinski definition) is 5. The standard InChI is InChI=1S/C13H18ClN3O5/c1-6-2-7(12(15)17-21)3-9(14)11(6)22-5-8(18)4-10(19)13(16)20/h2-3,8,10,18-19,21H,4-5H2,1H3,(H2,15,17)(H2,16,20). The summed E-state index contributed by atoms with van der Waals surface area (Å²) >= 11 is 6.05. The Morgan fingerprint density at radius 3 is 2.55 bits per heavy atom. The maximum atomic E-state index is 10.7. The van der Waals surface area contributed by atoms with E-state index in [1.54, 1.807) is 13.0 Å². The lowest BCUT2D eigenvalue weighted by atomic mass is 10.1. The van der Waals surface area contributed by atoms with E-state index in [1.807, 2.05) is 0 Å². The monoisotopic (exact) mass is 331 g/mol. The molecule has 0 bridgehead atoms. The molecule has 7 N–H and O–H groups in total. The van der Waals surface area contributed by atoms with Crippen molar-refractivity contribution in [3.63, 3.8) is 0 Å². The maximum Gasteiger partial charge on any atom is 0.246 e. The number of carbonyl (C=O) groups excluding carboxylic acids is 1. The predicted molar refractivity (Wildman–Crippen MR) is 80.0 cm³/mol. The summed E-state index contributed by atoms with van der Waals surface area (Å²) in [6.07, 6.45) is -2.78. The number of aliphatic hydroxyl groups excluding tert-OH is 2. The van der Waals surface area contributed by atoms with Crippen LogP contribution in [0.4, 0.5) is 0 Å². The van der Waals surface area contributed by atoms with E-state index in [0.29, 0.717) is 16.9 Å². The molecule has 0 saturated carbocycles. The Labute approximate surface area is 131 Å². The van der Waals surface area contributed by atoms with Crippen LogP contribution < -0.4 is 16.2 Å².